The molecular formula is C16H24N2OS. The smallest absolute Gasteiger partial charge is 0.221 e. The molecule has 1 aliphatic rings. The van der Waals surface area contributed by atoms with Gasteiger partial charge >= 0.3 is 0 Å². The highest BCUT2D eigenvalue weighted by molar-refractivity contribution is 7.99. The summed E-state index contributed by atoms with van der Waals surface area (Å²) in [6.07, 6.45) is 2.92. The molecule has 110 valence electrons. The lowest BCUT2D eigenvalue weighted by Gasteiger charge is -2.09. The normalized spacial score (nSPS) is 14.6. The van der Waals surface area contributed by atoms with Gasteiger partial charge in [0.25, 0.3) is 0 Å². The Morgan fingerprint density at radius 1 is 1.40 bits per heavy atom. The maximum absolute atomic E-state index is 11.6. The third-order valence-electron chi connectivity index (χ3n) is 3.15. The number of amides is 1. The summed E-state index contributed by atoms with van der Waals surface area (Å²) in [5.74, 6) is 1.04. The second kappa shape index (κ2) is 7.70. The van der Waals surface area contributed by atoms with Crippen LogP contribution in [0.5, 0.6) is 0 Å². The van der Waals surface area contributed by atoms with Gasteiger partial charge in [0.15, 0.2) is 0 Å². The third-order valence-corrected chi connectivity index (χ3v) is 4.15. The van der Waals surface area contributed by atoms with Crippen LogP contribution in [-0.4, -0.2) is 23.7 Å². The predicted octanol–water partition coefficient (Wildman–Crippen LogP) is 2.95. The van der Waals surface area contributed by atoms with E-state index in [0.717, 1.165) is 25.1 Å². The molecule has 1 fully saturated rings. The largest absolute Gasteiger partial charge is 0.353 e. The molecule has 2 rings (SSSR count). The Labute approximate surface area is 125 Å². The molecule has 0 aromatic heterocycles. The van der Waals surface area contributed by atoms with Crippen molar-refractivity contribution in [2.45, 2.75) is 56.6 Å². The van der Waals surface area contributed by atoms with Crippen LogP contribution in [0, 0.1) is 0 Å². The minimum atomic E-state index is 0.192. The molecule has 1 aliphatic carbocycles. The Morgan fingerprint density at radius 2 is 2.20 bits per heavy atom. The zero-order valence-corrected chi connectivity index (χ0v) is 13.1. The van der Waals surface area contributed by atoms with Crippen molar-refractivity contribution in [3.8, 4) is 0 Å². The van der Waals surface area contributed by atoms with Crippen molar-refractivity contribution in [2.75, 3.05) is 5.75 Å². The van der Waals surface area contributed by atoms with Crippen LogP contribution in [0.2, 0.25) is 0 Å². The summed E-state index contributed by atoms with van der Waals surface area (Å²) in [5.41, 5.74) is 1.30. The summed E-state index contributed by atoms with van der Waals surface area (Å²) in [5, 5.41) is 6.44. The van der Waals surface area contributed by atoms with Crippen LogP contribution in [0.25, 0.3) is 0 Å². The average Bonchev–Trinajstić information content (AvgIpc) is 3.21. The molecule has 20 heavy (non-hydrogen) atoms. The Hall–Kier alpha value is -1.00. The molecule has 2 N–H and O–H groups in total. The first-order valence-corrected chi connectivity index (χ1v) is 8.36. The number of benzene rings is 1. The van der Waals surface area contributed by atoms with Gasteiger partial charge in [0.1, 0.15) is 0 Å². The lowest BCUT2D eigenvalue weighted by molar-refractivity contribution is -0.120. The number of rotatable bonds is 8. The zero-order chi connectivity index (χ0) is 14.4. The zero-order valence-electron chi connectivity index (χ0n) is 12.3. The molecule has 1 saturated carbocycles. The van der Waals surface area contributed by atoms with Crippen molar-refractivity contribution in [1.82, 2.24) is 10.6 Å². The summed E-state index contributed by atoms with van der Waals surface area (Å²) in [6, 6.07) is 9.51. The Bertz CT molecular complexity index is 444. The number of hydrogen-bond donors (Lipinski definition) is 2. The molecule has 0 heterocycles. The monoisotopic (exact) mass is 292 g/mol. The van der Waals surface area contributed by atoms with E-state index >= 15 is 0 Å². The Morgan fingerprint density at radius 3 is 2.90 bits per heavy atom. The van der Waals surface area contributed by atoms with E-state index in [9.17, 15) is 4.79 Å². The van der Waals surface area contributed by atoms with Crippen LogP contribution in [0.3, 0.4) is 0 Å². The molecule has 1 aromatic rings. The van der Waals surface area contributed by atoms with Crippen molar-refractivity contribution in [3.63, 3.8) is 0 Å². The molecule has 0 spiro atoms. The second-order valence-electron chi connectivity index (χ2n) is 5.62. The number of carbonyl (C=O) groups is 1. The first-order valence-electron chi connectivity index (χ1n) is 7.38. The summed E-state index contributed by atoms with van der Waals surface area (Å²) >= 11 is 1.76. The molecule has 0 bridgehead atoms. The molecule has 0 unspecified atom stereocenters. The van der Waals surface area contributed by atoms with Crippen LogP contribution in [0.4, 0.5) is 0 Å². The maximum Gasteiger partial charge on any atom is 0.221 e. The lowest BCUT2D eigenvalue weighted by Crippen LogP contribution is -2.25. The van der Waals surface area contributed by atoms with Crippen LogP contribution >= 0.6 is 11.8 Å². The highest BCUT2D eigenvalue weighted by atomic mass is 32.2. The van der Waals surface area contributed by atoms with Crippen molar-refractivity contribution in [1.29, 1.82) is 0 Å². The summed E-state index contributed by atoms with van der Waals surface area (Å²) in [6.45, 7) is 5.20. The SMILES string of the molecule is CC(C)NCc1cccc(SCCC(=O)NC2CC2)c1. The predicted molar refractivity (Wildman–Crippen MR) is 84.9 cm³/mol. The van der Waals surface area contributed by atoms with E-state index < -0.39 is 0 Å². The van der Waals surface area contributed by atoms with Crippen molar-refractivity contribution in [3.05, 3.63) is 29.8 Å². The molecule has 0 aliphatic heterocycles. The first-order chi connectivity index (χ1) is 9.63. The van der Waals surface area contributed by atoms with Gasteiger partial charge in [0, 0.05) is 35.7 Å². The highest BCUT2D eigenvalue weighted by Crippen LogP contribution is 2.21. The number of thioether (sulfide) groups is 1. The van der Waals surface area contributed by atoms with E-state index in [1.165, 1.54) is 10.5 Å². The maximum atomic E-state index is 11.6. The second-order valence-corrected chi connectivity index (χ2v) is 6.79. The minimum Gasteiger partial charge on any atom is -0.353 e. The summed E-state index contributed by atoms with van der Waals surface area (Å²) < 4.78 is 0. The van der Waals surface area contributed by atoms with Gasteiger partial charge in [-0.05, 0) is 30.5 Å². The summed E-state index contributed by atoms with van der Waals surface area (Å²) in [4.78, 5) is 12.8. The van der Waals surface area contributed by atoms with Crippen molar-refractivity contribution in [2.24, 2.45) is 0 Å². The van der Waals surface area contributed by atoms with E-state index in [1.807, 2.05) is 0 Å². The van der Waals surface area contributed by atoms with Gasteiger partial charge in [-0.15, -0.1) is 11.8 Å². The fraction of sp³-hybridized carbons (Fsp3) is 0.562. The van der Waals surface area contributed by atoms with Gasteiger partial charge in [-0.2, -0.15) is 0 Å². The minimum absolute atomic E-state index is 0.192. The van der Waals surface area contributed by atoms with Gasteiger partial charge in [0.2, 0.25) is 5.91 Å². The van der Waals surface area contributed by atoms with E-state index in [1.54, 1.807) is 11.8 Å². The number of hydrogen-bond acceptors (Lipinski definition) is 3. The van der Waals surface area contributed by atoms with Crippen LogP contribution in [0.15, 0.2) is 29.2 Å². The molecule has 0 atom stereocenters. The van der Waals surface area contributed by atoms with E-state index in [-0.39, 0.29) is 5.91 Å². The lowest BCUT2D eigenvalue weighted by atomic mass is 10.2. The first kappa shape index (κ1) is 15.4. The van der Waals surface area contributed by atoms with Gasteiger partial charge in [-0.25, -0.2) is 0 Å². The Balaban J connectivity index is 1.71. The Kier molecular flexibility index (Phi) is 5.92. The van der Waals surface area contributed by atoms with Gasteiger partial charge in [0.05, 0.1) is 0 Å². The van der Waals surface area contributed by atoms with E-state index in [2.05, 4.69) is 48.7 Å². The standard InChI is InChI=1S/C16H24N2OS/c1-12(2)17-11-13-4-3-5-15(10-13)20-9-8-16(19)18-14-6-7-14/h3-5,10,12,14,17H,6-9,11H2,1-2H3,(H,18,19). The van der Waals surface area contributed by atoms with E-state index in [4.69, 9.17) is 0 Å². The molecule has 0 saturated heterocycles. The van der Waals surface area contributed by atoms with E-state index in [0.29, 0.717) is 18.5 Å². The number of carbonyl (C=O) groups excluding carboxylic acids is 1. The molecular weight excluding hydrogens is 268 g/mol. The molecule has 4 heteroatoms. The van der Waals surface area contributed by atoms with Gasteiger partial charge in [-0.1, -0.05) is 26.0 Å². The number of nitrogens with one attached hydrogen (secondary N) is 2. The summed E-state index contributed by atoms with van der Waals surface area (Å²) in [7, 11) is 0. The van der Waals surface area contributed by atoms with Crippen molar-refractivity contribution >= 4 is 17.7 Å². The van der Waals surface area contributed by atoms with Crippen LogP contribution < -0.4 is 10.6 Å². The fourth-order valence-corrected chi connectivity index (χ4v) is 2.79. The molecule has 3 nitrogen and oxygen atoms in total. The topological polar surface area (TPSA) is 41.1 Å². The van der Waals surface area contributed by atoms with Gasteiger partial charge < -0.3 is 10.6 Å². The van der Waals surface area contributed by atoms with Gasteiger partial charge in [-0.3, -0.25) is 4.79 Å². The third kappa shape index (κ3) is 5.97. The molecule has 1 amide bonds. The quantitative estimate of drug-likeness (QED) is 0.724. The van der Waals surface area contributed by atoms with Crippen LogP contribution in [0.1, 0.15) is 38.7 Å². The highest BCUT2D eigenvalue weighted by Gasteiger charge is 2.22. The average molecular weight is 292 g/mol. The van der Waals surface area contributed by atoms with Crippen LogP contribution in [-0.2, 0) is 11.3 Å². The fourth-order valence-electron chi connectivity index (χ4n) is 1.86. The molecule has 0 radical (unpaired) electrons. The van der Waals surface area contributed by atoms with Crippen molar-refractivity contribution < 1.29 is 4.79 Å². The molecule has 1 aromatic carbocycles.